The fourth-order valence-corrected chi connectivity index (χ4v) is 2.72. The van der Waals surface area contributed by atoms with Crippen molar-refractivity contribution in [3.8, 4) is 0 Å². The number of hydrogen-bond acceptors (Lipinski definition) is 3. The largest absolute Gasteiger partial charge is 0.459 e. The number of ether oxygens (including phenoxy) is 1. The lowest BCUT2D eigenvalue weighted by atomic mass is 9.95. The Kier molecular flexibility index (Phi) is 6.22. The topological polar surface area (TPSA) is 42.6 Å². The molecule has 3 heteroatoms. The summed E-state index contributed by atoms with van der Waals surface area (Å²) in [6, 6.07) is 3.71. The predicted octanol–water partition coefficient (Wildman–Crippen LogP) is 4.64. The molecule has 0 aliphatic carbocycles. The molecule has 1 aromatic rings. The number of aliphatic hydroxyl groups is 1. The second-order valence-electron chi connectivity index (χ2n) is 5.60. The number of rotatable bonds is 8. The quantitative estimate of drug-likeness (QED) is 0.761. The van der Waals surface area contributed by atoms with Crippen molar-refractivity contribution in [2.75, 3.05) is 6.61 Å². The van der Waals surface area contributed by atoms with Gasteiger partial charge in [-0.2, -0.15) is 0 Å². The number of aliphatic hydroxyl groups excluding tert-OH is 1. The minimum atomic E-state index is -0.0570. The SMILES string of the molecule is C=C(CC)C1=CCOC1CC/C(=C/c1ccc(CO)o1)CC. The van der Waals surface area contributed by atoms with Gasteiger partial charge in [-0.1, -0.05) is 32.1 Å². The zero-order valence-electron chi connectivity index (χ0n) is 13.6. The molecule has 0 saturated carbocycles. The molecule has 0 fully saturated rings. The van der Waals surface area contributed by atoms with E-state index < -0.39 is 0 Å². The maximum atomic E-state index is 9.05. The molecule has 22 heavy (non-hydrogen) atoms. The molecule has 1 aliphatic heterocycles. The van der Waals surface area contributed by atoms with E-state index in [1.807, 2.05) is 12.1 Å². The van der Waals surface area contributed by atoms with Gasteiger partial charge in [-0.25, -0.2) is 0 Å². The molecule has 0 bridgehead atoms. The molecule has 0 amide bonds. The molecular weight excluding hydrogens is 276 g/mol. The summed E-state index contributed by atoms with van der Waals surface area (Å²) in [4.78, 5) is 0. The van der Waals surface area contributed by atoms with Crippen molar-refractivity contribution in [1.29, 1.82) is 0 Å². The molecule has 1 aromatic heterocycles. The Balaban J connectivity index is 1.96. The lowest BCUT2D eigenvalue weighted by molar-refractivity contribution is 0.116. The smallest absolute Gasteiger partial charge is 0.130 e. The molecule has 1 N–H and O–H groups in total. The van der Waals surface area contributed by atoms with Gasteiger partial charge in [0.1, 0.15) is 18.1 Å². The van der Waals surface area contributed by atoms with E-state index in [0.29, 0.717) is 12.4 Å². The summed E-state index contributed by atoms with van der Waals surface area (Å²) in [5.41, 5.74) is 3.79. The van der Waals surface area contributed by atoms with Crippen LogP contribution in [0.25, 0.3) is 6.08 Å². The Morgan fingerprint density at radius 3 is 2.82 bits per heavy atom. The molecule has 120 valence electrons. The Labute approximate surface area is 133 Å². The summed E-state index contributed by atoms with van der Waals surface area (Å²) < 4.78 is 11.3. The number of hydrogen-bond donors (Lipinski definition) is 1. The first-order valence-electron chi connectivity index (χ1n) is 8.06. The lowest BCUT2D eigenvalue weighted by Crippen LogP contribution is -2.11. The summed E-state index contributed by atoms with van der Waals surface area (Å²) >= 11 is 0. The zero-order valence-corrected chi connectivity index (χ0v) is 13.6. The minimum Gasteiger partial charge on any atom is -0.459 e. The summed E-state index contributed by atoms with van der Waals surface area (Å²) in [6.45, 7) is 9.05. The highest BCUT2D eigenvalue weighted by Gasteiger charge is 2.21. The summed E-state index contributed by atoms with van der Waals surface area (Å²) in [6.07, 6.45) is 8.31. The van der Waals surface area contributed by atoms with Crippen LogP contribution in [0.4, 0.5) is 0 Å². The van der Waals surface area contributed by atoms with E-state index in [0.717, 1.165) is 31.4 Å². The van der Waals surface area contributed by atoms with Crippen LogP contribution in [0.5, 0.6) is 0 Å². The molecule has 1 aliphatic rings. The number of furan rings is 1. The average molecular weight is 302 g/mol. The highest BCUT2D eigenvalue weighted by molar-refractivity contribution is 5.47. The Hall–Kier alpha value is -1.58. The monoisotopic (exact) mass is 302 g/mol. The van der Waals surface area contributed by atoms with Gasteiger partial charge in [-0.05, 0) is 55.0 Å². The summed E-state index contributed by atoms with van der Waals surface area (Å²) in [5.74, 6) is 1.41. The van der Waals surface area contributed by atoms with E-state index in [1.54, 1.807) is 0 Å². The Morgan fingerprint density at radius 1 is 1.36 bits per heavy atom. The second-order valence-corrected chi connectivity index (χ2v) is 5.60. The summed E-state index contributed by atoms with van der Waals surface area (Å²) in [7, 11) is 0. The molecule has 3 nitrogen and oxygen atoms in total. The molecule has 1 unspecified atom stereocenters. The van der Waals surface area contributed by atoms with Crippen LogP contribution in [0.15, 0.2) is 45.9 Å². The molecule has 0 spiro atoms. The minimum absolute atomic E-state index is 0.0570. The first-order valence-corrected chi connectivity index (χ1v) is 8.06. The first kappa shape index (κ1) is 16.8. The third kappa shape index (κ3) is 4.21. The van der Waals surface area contributed by atoms with Gasteiger partial charge in [0, 0.05) is 0 Å². The van der Waals surface area contributed by atoms with E-state index >= 15 is 0 Å². The fourth-order valence-electron chi connectivity index (χ4n) is 2.72. The van der Waals surface area contributed by atoms with E-state index in [9.17, 15) is 0 Å². The normalized spacial score (nSPS) is 18.6. The average Bonchev–Trinajstić information content (AvgIpc) is 3.19. The first-order chi connectivity index (χ1) is 10.7. The van der Waals surface area contributed by atoms with Crippen molar-refractivity contribution in [3.05, 3.63) is 53.0 Å². The van der Waals surface area contributed by atoms with E-state index in [1.165, 1.54) is 16.7 Å². The standard InChI is InChI=1S/C19H26O3/c1-4-14(3)18-10-11-21-19(18)9-6-15(5-2)12-16-7-8-17(13-20)22-16/h7-8,10,12,19-20H,3-6,9,11,13H2,1-2H3/b15-12+. The maximum absolute atomic E-state index is 9.05. The molecule has 0 radical (unpaired) electrons. The van der Waals surface area contributed by atoms with Gasteiger partial charge in [0.25, 0.3) is 0 Å². The third-order valence-electron chi connectivity index (χ3n) is 4.15. The molecule has 2 heterocycles. The van der Waals surface area contributed by atoms with Crippen LogP contribution in [0.2, 0.25) is 0 Å². The van der Waals surface area contributed by atoms with E-state index in [2.05, 4.69) is 32.6 Å². The van der Waals surface area contributed by atoms with Gasteiger partial charge in [0.05, 0.1) is 12.7 Å². The molecule has 1 atom stereocenters. The Bertz CT molecular complexity index is 563. The highest BCUT2D eigenvalue weighted by atomic mass is 16.5. The van der Waals surface area contributed by atoms with Crippen LogP contribution in [0, 0.1) is 0 Å². The van der Waals surface area contributed by atoms with Crippen LogP contribution in [-0.4, -0.2) is 17.8 Å². The zero-order chi connectivity index (χ0) is 15.9. The Morgan fingerprint density at radius 2 is 2.18 bits per heavy atom. The van der Waals surface area contributed by atoms with Crippen molar-refractivity contribution in [2.24, 2.45) is 0 Å². The molecule has 0 saturated heterocycles. The predicted molar refractivity (Wildman–Crippen MR) is 89.4 cm³/mol. The molecular formula is C19H26O3. The van der Waals surface area contributed by atoms with Crippen LogP contribution < -0.4 is 0 Å². The van der Waals surface area contributed by atoms with E-state index in [4.69, 9.17) is 14.3 Å². The van der Waals surface area contributed by atoms with Crippen LogP contribution in [0.3, 0.4) is 0 Å². The number of allylic oxidation sites excluding steroid dienone is 1. The van der Waals surface area contributed by atoms with Gasteiger partial charge >= 0.3 is 0 Å². The van der Waals surface area contributed by atoms with Crippen molar-refractivity contribution < 1.29 is 14.3 Å². The van der Waals surface area contributed by atoms with Gasteiger partial charge in [-0.15, -0.1) is 0 Å². The van der Waals surface area contributed by atoms with Crippen molar-refractivity contribution >= 4 is 6.08 Å². The van der Waals surface area contributed by atoms with Gasteiger partial charge in [-0.3, -0.25) is 0 Å². The van der Waals surface area contributed by atoms with Crippen molar-refractivity contribution in [1.82, 2.24) is 0 Å². The highest BCUT2D eigenvalue weighted by Crippen LogP contribution is 2.28. The van der Waals surface area contributed by atoms with Crippen LogP contribution >= 0.6 is 0 Å². The summed E-state index contributed by atoms with van der Waals surface area (Å²) in [5, 5.41) is 9.05. The van der Waals surface area contributed by atoms with E-state index in [-0.39, 0.29) is 12.7 Å². The third-order valence-corrected chi connectivity index (χ3v) is 4.15. The molecule has 2 rings (SSSR count). The van der Waals surface area contributed by atoms with Gasteiger partial charge in [0.15, 0.2) is 0 Å². The van der Waals surface area contributed by atoms with Crippen LogP contribution in [0.1, 0.15) is 51.1 Å². The van der Waals surface area contributed by atoms with Crippen molar-refractivity contribution in [2.45, 2.75) is 52.2 Å². The van der Waals surface area contributed by atoms with Gasteiger partial charge in [0.2, 0.25) is 0 Å². The van der Waals surface area contributed by atoms with Gasteiger partial charge < -0.3 is 14.3 Å². The second kappa shape index (κ2) is 8.16. The molecule has 0 aromatic carbocycles. The maximum Gasteiger partial charge on any atom is 0.130 e. The lowest BCUT2D eigenvalue weighted by Gasteiger charge is -2.16. The van der Waals surface area contributed by atoms with Crippen LogP contribution in [-0.2, 0) is 11.3 Å². The van der Waals surface area contributed by atoms with Crippen molar-refractivity contribution in [3.63, 3.8) is 0 Å². The fraction of sp³-hybridized carbons (Fsp3) is 0.474.